The van der Waals surface area contributed by atoms with E-state index in [2.05, 4.69) is 11.9 Å². The summed E-state index contributed by atoms with van der Waals surface area (Å²) in [4.78, 5) is 2.43. The van der Waals surface area contributed by atoms with Crippen LogP contribution in [0, 0.1) is 5.92 Å². The van der Waals surface area contributed by atoms with E-state index in [1.807, 2.05) is 6.92 Å². The lowest BCUT2D eigenvalue weighted by Crippen LogP contribution is -2.26. The van der Waals surface area contributed by atoms with Crippen LogP contribution in [0.1, 0.15) is 45.4 Å². The van der Waals surface area contributed by atoms with E-state index in [1.165, 1.54) is 32.2 Å². The summed E-state index contributed by atoms with van der Waals surface area (Å²) in [5, 5.41) is 9.13. The van der Waals surface area contributed by atoms with Gasteiger partial charge in [0.25, 0.3) is 0 Å². The Morgan fingerprint density at radius 1 is 1.36 bits per heavy atom. The highest BCUT2D eigenvalue weighted by Crippen LogP contribution is 2.25. The number of hydrogen-bond acceptors (Lipinski definition) is 2. The van der Waals surface area contributed by atoms with Crippen LogP contribution >= 0.6 is 0 Å². The number of rotatable bonds is 6. The van der Waals surface area contributed by atoms with Crippen molar-refractivity contribution < 1.29 is 5.11 Å². The molecule has 1 N–H and O–H groups in total. The number of nitrogens with zero attached hydrogens (tertiary/aromatic N) is 1. The quantitative estimate of drug-likeness (QED) is 0.709. The molecule has 0 bridgehead atoms. The summed E-state index contributed by atoms with van der Waals surface area (Å²) in [6, 6.07) is 0. The number of hydrogen-bond donors (Lipinski definition) is 1. The van der Waals surface area contributed by atoms with Crippen LogP contribution < -0.4 is 0 Å². The highest BCUT2D eigenvalue weighted by Gasteiger charge is 2.16. The van der Waals surface area contributed by atoms with Crippen LogP contribution in [0.3, 0.4) is 0 Å². The van der Waals surface area contributed by atoms with Crippen LogP contribution in [0.4, 0.5) is 0 Å². The van der Waals surface area contributed by atoms with Crippen LogP contribution in [0.2, 0.25) is 0 Å². The highest BCUT2D eigenvalue weighted by molar-refractivity contribution is 4.70. The third-order valence-corrected chi connectivity index (χ3v) is 3.21. The first-order valence-corrected chi connectivity index (χ1v) is 6.05. The number of aliphatic hydroxyl groups is 1. The second-order valence-corrected chi connectivity index (χ2v) is 4.90. The van der Waals surface area contributed by atoms with Gasteiger partial charge >= 0.3 is 0 Å². The van der Waals surface area contributed by atoms with Crippen LogP contribution in [-0.2, 0) is 0 Å². The van der Waals surface area contributed by atoms with Crippen molar-refractivity contribution in [2.75, 3.05) is 20.1 Å². The van der Waals surface area contributed by atoms with E-state index in [0.717, 1.165) is 25.3 Å². The number of aliphatic hydroxyl groups excluding tert-OH is 1. The standard InChI is InChI=1S/C12H25NO/c1-11(14)6-5-9-13(2)10-12-7-3-4-8-12/h11-12,14H,3-10H2,1-2H3. The first kappa shape index (κ1) is 12.0. The molecular weight excluding hydrogens is 174 g/mol. The van der Waals surface area contributed by atoms with E-state index in [9.17, 15) is 0 Å². The first-order chi connectivity index (χ1) is 6.68. The molecule has 0 spiro atoms. The molecule has 0 aliphatic heterocycles. The van der Waals surface area contributed by atoms with Crippen molar-refractivity contribution >= 4 is 0 Å². The van der Waals surface area contributed by atoms with Gasteiger partial charge in [-0.3, -0.25) is 0 Å². The molecule has 0 heterocycles. The molecule has 1 saturated carbocycles. The van der Waals surface area contributed by atoms with Crippen LogP contribution in [-0.4, -0.2) is 36.2 Å². The molecule has 1 unspecified atom stereocenters. The zero-order valence-corrected chi connectivity index (χ0v) is 9.71. The summed E-state index contributed by atoms with van der Waals surface area (Å²) in [7, 11) is 2.21. The van der Waals surface area contributed by atoms with Gasteiger partial charge in [-0.05, 0) is 52.1 Å². The predicted octanol–water partition coefficient (Wildman–Crippen LogP) is 2.27. The third kappa shape index (κ3) is 4.97. The monoisotopic (exact) mass is 199 g/mol. The molecule has 0 aromatic rings. The minimum atomic E-state index is -0.130. The van der Waals surface area contributed by atoms with Crippen LogP contribution in [0.25, 0.3) is 0 Å². The molecule has 14 heavy (non-hydrogen) atoms. The summed E-state index contributed by atoms with van der Waals surface area (Å²) in [5.41, 5.74) is 0. The van der Waals surface area contributed by atoms with Crippen LogP contribution in [0.5, 0.6) is 0 Å². The molecule has 84 valence electrons. The van der Waals surface area contributed by atoms with Crippen molar-refractivity contribution in [3.8, 4) is 0 Å². The largest absolute Gasteiger partial charge is 0.393 e. The van der Waals surface area contributed by atoms with E-state index in [1.54, 1.807) is 0 Å². The molecule has 0 saturated heterocycles. The Labute approximate surface area is 88.3 Å². The van der Waals surface area contributed by atoms with Gasteiger partial charge in [-0.2, -0.15) is 0 Å². The molecule has 1 atom stereocenters. The third-order valence-electron chi connectivity index (χ3n) is 3.21. The van der Waals surface area contributed by atoms with Gasteiger partial charge in [0.05, 0.1) is 6.10 Å². The molecule has 1 rings (SSSR count). The lowest BCUT2D eigenvalue weighted by atomic mass is 10.1. The normalized spacial score (nSPS) is 20.6. The van der Waals surface area contributed by atoms with Crippen LogP contribution in [0.15, 0.2) is 0 Å². The van der Waals surface area contributed by atoms with Gasteiger partial charge < -0.3 is 10.0 Å². The summed E-state index contributed by atoms with van der Waals surface area (Å²) < 4.78 is 0. The predicted molar refractivity (Wildman–Crippen MR) is 60.4 cm³/mol. The van der Waals surface area contributed by atoms with Crippen molar-refractivity contribution in [2.45, 2.75) is 51.6 Å². The Morgan fingerprint density at radius 2 is 2.00 bits per heavy atom. The lowest BCUT2D eigenvalue weighted by molar-refractivity contribution is 0.172. The summed E-state index contributed by atoms with van der Waals surface area (Å²) >= 11 is 0. The van der Waals surface area contributed by atoms with Gasteiger partial charge in [-0.1, -0.05) is 12.8 Å². The van der Waals surface area contributed by atoms with Crippen molar-refractivity contribution in [3.63, 3.8) is 0 Å². The fraction of sp³-hybridized carbons (Fsp3) is 1.00. The van der Waals surface area contributed by atoms with Gasteiger partial charge in [-0.25, -0.2) is 0 Å². The van der Waals surface area contributed by atoms with Crippen molar-refractivity contribution in [2.24, 2.45) is 5.92 Å². The Morgan fingerprint density at radius 3 is 2.57 bits per heavy atom. The van der Waals surface area contributed by atoms with Crippen molar-refractivity contribution in [1.29, 1.82) is 0 Å². The Kier molecular flexibility index (Phi) is 5.49. The van der Waals surface area contributed by atoms with Gasteiger partial charge in [0.15, 0.2) is 0 Å². The second-order valence-electron chi connectivity index (χ2n) is 4.90. The Hall–Kier alpha value is -0.0800. The molecule has 2 heteroatoms. The maximum absolute atomic E-state index is 9.13. The fourth-order valence-corrected chi connectivity index (χ4v) is 2.38. The highest BCUT2D eigenvalue weighted by atomic mass is 16.3. The summed E-state index contributed by atoms with van der Waals surface area (Å²) in [6.07, 6.45) is 7.67. The molecule has 1 aliphatic rings. The molecule has 0 amide bonds. The topological polar surface area (TPSA) is 23.5 Å². The van der Waals surface area contributed by atoms with E-state index in [0.29, 0.717) is 0 Å². The molecule has 0 aromatic heterocycles. The zero-order valence-electron chi connectivity index (χ0n) is 9.71. The molecular formula is C12H25NO. The van der Waals surface area contributed by atoms with Gasteiger partial charge in [0, 0.05) is 6.54 Å². The summed E-state index contributed by atoms with van der Waals surface area (Å²) in [5.74, 6) is 0.951. The first-order valence-electron chi connectivity index (χ1n) is 6.05. The van der Waals surface area contributed by atoms with Gasteiger partial charge in [0.1, 0.15) is 0 Å². The zero-order chi connectivity index (χ0) is 10.4. The fourth-order valence-electron chi connectivity index (χ4n) is 2.38. The molecule has 1 fully saturated rings. The molecule has 0 aromatic carbocycles. The average Bonchev–Trinajstić information content (AvgIpc) is 2.56. The smallest absolute Gasteiger partial charge is 0.0512 e. The Bertz CT molecular complexity index is 141. The van der Waals surface area contributed by atoms with Crippen molar-refractivity contribution in [3.05, 3.63) is 0 Å². The van der Waals surface area contributed by atoms with E-state index in [-0.39, 0.29) is 6.10 Å². The molecule has 1 aliphatic carbocycles. The summed E-state index contributed by atoms with van der Waals surface area (Å²) in [6.45, 7) is 4.28. The van der Waals surface area contributed by atoms with E-state index < -0.39 is 0 Å². The maximum atomic E-state index is 9.13. The average molecular weight is 199 g/mol. The van der Waals surface area contributed by atoms with E-state index in [4.69, 9.17) is 5.11 Å². The maximum Gasteiger partial charge on any atom is 0.0512 e. The van der Waals surface area contributed by atoms with Crippen molar-refractivity contribution in [1.82, 2.24) is 4.90 Å². The molecule has 2 nitrogen and oxygen atoms in total. The SMILES string of the molecule is CC(O)CCCN(C)CC1CCCC1. The minimum absolute atomic E-state index is 0.130. The van der Waals surface area contributed by atoms with Gasteiger partial charge in [0.2, 0.25) is 0 Å². The lowest BCUT2D eigenvalue weighted by Gasteiger charge is -2.20. The van der Waals surface area contributed by atoms with Gasteiger partial charge in [-0.15, -0.1) is 0 Å². The minimum Gasteiger partial charge on any atom is -0.393 e. The second kappa shape index (κ2) is 6.41. The molecule has 0 radical (unpaired) electrons. The Balaban J connectivity index is 2.00. The van der Waals surface area contributed by atoms with E-state index >= 15 is 0 Å².